The van der Waals surface area contributed by atoms with E-state index in [1.54, 1.807) is 17.0 Å². The van der Waals surface area contributed by atoms with Gasteiger partial charge < -0.3 is 16.4 Å². The van der Waals surface area contributed by atoms with Gasteiger partial charge in [0.1, 0.15) is 5.84 Å². The third kappa shape index (κ3) is 4.63. The van der Waals surface area contributed by atoms with Gasteiger partial charge in [-0.25, -0.2) is 10.1 Å². The van der Waals surface area contributed by atoms with E-state index < -0.39 is 0 Å². The summed E-state index contributed by atoms with van der Waals surface area (Å²) in [6.45, 7) is 6.56. The van der Waals surface area contributed by atoms with Crippen LogP contribution >= 0.6 is 0 Å². The van der Waals surface area contributed by atoms with Crippen molar-refractivity contribution in [3.05, 3.63) is 29.1 Å². The molecule has 9 nitrogen and oxygen atoms in total. The molecule has 156 valence electrons. The Labute approximate surface area is 170 Å². The van der Waals surface area contributed by atoms with Crippen molar-refractivity contribution < 1.29 is 14.4 Å². The number of aromatic nitrogens is 1. The Morgan fingerprint density at radius 1 is 1.34 bits per heavy atom. The zero-order valence-electron chi connectivity index (χ0n) is 16.9. The Hall–Kier alpha value is -2.78. The SMILES string of the molecule is CCCN(OCC)C(=O)C1=Cc2ncc(C(=O)N3CC(CN)C3)cc2N=C(N)C1. The molecule has 4 N–H and O–H groups in total. The highest BCUT2D eigenvalue weighted by Crippen LogP contribution is 2.28. The largest absolute Gasteiger partial charge is 0.387 e. The smallest absolute Gasteiger partial charge is 0.273 e. The lowest BCUT2D eigenvalue weighted by molar-refractivity contribution is -0.180. The van der Waals surface area contributed by atoms with E-state index in [4.69, 9.17) is 16.3 Å². The van der Waals surface area contributed by atoms with Gasteiger partial charge >= 0.3 is 0 Å². The highest BCUT2D eigenvalue weighted by atomic mass is 16.7. The van der Waals surface area contributed by atoms with Crippen LogP contribution in [0.4, 0.5) is 5.69 Å². The molecule has 3 heterocycles. The predicted octanol–water partition coefficient (Wildman–Crippen LogP) is 1.08. The lowest BCUT2D eigenvalue weighted by Gasteiger charge is -2.38. The number of fused-ring (bicyclic) bond motifs is 1. The molecule has 0 spiro atoms. The number of hydrogen-bond donors (Lipinski definition) is 2. The van der Waals surface area contributed by atoms with Crippen molar-refractivity contribution in [1.82, 2.24) is 14.9 Å². The third-order valence-electron chi connectivity index (χ3n) is 4.88. The molecule has 0 saturated carbocycles. The van der Waals surface area contributed by atoms with Crippen LogP contribution in [0.2, 0.25) is 0 Å². The number of hydroxylamine groups is 2. The predicted molar refractivity (Wildman–Crippen MR) is 110 cm³/mol. The molecule has 2 amide bonds. The maximum Gasteiger partial charge on any atom is 0.273 e. The summed E-state index contributed by atoms with van der Waals surface area (Å²) in [4.78, 5) is 41.4. The zero-order chi connectivity index (χ0) is 21.0. The molecule has 0 bridgehead atoms. The molecule has 0 aromatic carbocycles. The highest BCUT2D eigenvalue weighted by Gasteiger charge is 2.31. The zero-order valence-corrected chi connectivity index (χ0v) is 16.9. The number of nitrogens with zero attached hydrogens (tertiary/aromatic N) is 4. The molecule has 9 heteroatoms. The standard InChI is InChI=1S/C20H28N6O3/c1-3-5-26(29-4-2)20(28)14-6-16-17(24-18(22)8-14)7-15(10-23-16)19(27)25-11-13(9-21)12-25/h6-7,10,13H,3-5,8-9,11-12,21H2,1-2H3,(H2,22,24). The van der Waals surface area contributed by atoms with Crippen LogP contribution in [-0.4, -0.2) is 65.4 Å². The van der Waals surface area contributed by atoms with Crippen LogP contribution in [-0.2, 0) is 9.63 Å². The molecule has 1 aromatic rings. The minimum Gasteiger partial charge on any atom is -0.387 e. The van der Waals surface area contributed by atoms with Crippen LogP contribution in [0.15, 0.2) is 22.8 Å². The normalized spacial score (nSPS) is 16.3. The number of rotatable bonds is 7. The van der Waals surface area contributed by atoms with Gasteiger partial charge in [0, 0.05) is 43.7 Å². The molecule has 2 aliphatic heterocycles. The van der Waals surface area contributed by atoms with Crippen molar-refractivity contribution in [2.75, 3.05) is 32.8 Å². The third-order valence-corrected chi connectivity index (χ3v) is 4.88. The molecule has 3 rings (SSSR count). The van der Waals surface area contributed by atoms with E-state index in [-0.39, 0.29) is 24.1 Å². The summed E-state index contributed by atoms with van der Waals surface area (Å²) >= 11 is 0. The number of amidine groups is 1. The van der Waals surface area contributed by atoms with Gasteiger partial charge in [-0.2, -0.15) is 0 Å². The van der Waals surface area contributed by atoms with Gasteiger partial charge in [0.2, 0.25) is 0 Å². The van der Waals surface area contributed by atoms with Gasteiger partial charge in [0.25, 0.3) is 11.8 Å². The van der Waals surface area contributed by atoms with E-state index >= 15 is 0 Å². The summed E-state index contributed by atoms with van der Waals surface area (Å²) in [5.41, 5.74) is 13.5. The van der Waals surface area contributed by atoms with Crippen molar-refractivity contribution >= 4 is 29.4 Å². The van der Waals surface area contributed by atoms with Crippen LogP contribution in [0.3, 0.4) is 0 Å². The summed E-state index contributed by atoms with van der Waals surface area (Å²) < 4.78 is 0. The summed E-state index contributed by atoms with van der Waals surface area (Å²) in [5.74, 6) is 0.285. The Morgan fingerprint density at radius 2 is 2.10 bits per heavy atom. The first-order chi connectivity index (χ1) is 14.0. The maximum absolute atomic E-state index is 12.9. The average molecular weight is 400 g/mol. The second kappa shape index (κ2) is 9.15. The van der Waals surface area contributed by atoms with Crippen molar-refractivity contribution in [3.8, 4) is 0 Å². The fourth-order valence-corrected chi connectivity index (χ4v) is 3.34. The number of amides is 2. The second-order valence-electron chi connectivity index (χ2n) is 7.21. The van der Waals surface area contributed by atoms with Gasteiger partial charge in [-0.05, 0) is 32.0 Å². The van der Waals surface area contributed by atoms with Gasteiger partial charge in [0.05, 0.1) is 23.6 Å². The lowest BCUT2D eigenvalue weighted by atomic mass is 9.99. The Kier molecular flexibility index (Phi) is 6.60. The number of aliphatic imine (C=N–C) groups is 1. The quantitative estimate of drug-likeness (QED) is 0.659. The van der Waals surface area contributed by atoms with E-state index in [1.165, 1.54) is 11.3 Å². The number of pyridine rings is 1. The summed E-state index contributed by atoms with van der Waals surface area (Å²) in [5, 5.41) is 1.35. The fraction of sp³-hybridized carbons (Fsp3) is 0.500. The van der Waals surface area contributed by atoms with Crippen LogP contribution in [0, 0.1) is 5.92 Å². The first-order valence-corrected chi connectivity index (χ1v) is 9.94. The van der Waals surface area contributed by atoms with E-state index in [2.05, 4.69) is 9.98 Å². The average Bonchev–Trinajstić information content (AvgIpc) is 2.83. The van der Waals surface area contributed by atoms with Gasteiger partial charge in [-0.3, -0.25) is 19.4 Å². The molecule has 1 fully saturated rings. The summed E-state index contributed by atoms with van der Waals surface area (Å²) in [6, 6.07) is 1.67. The summed E-state index contributed by atoms with van der Waals surface area (Å²) in [7, 11) is 0. The Balaban J connectivity index is 1.85. The monoisotopic (exact) mass is 400 g/mol. The fourth-order valence-electron chi connectivity index (χ4n) is 3.34. The molecule has 1 aromatic heterocycles. The van der Waals surface area contributed by atoms with E-state index in [1.807, 2.05) is 13.8 Å². The molecular weight excluding hydrogens is 372 g/mol. The van der Waals surface area contributed by atoms with E-state index in [9.17, 15) is 9.59 Å². The lowest BCUT2D eigenvalue weighted by Crippen LogP contribution is -2.52. The first kappa shape index (κ1) is 20.9. The van der Waals surface area contributed by atoms with Crippen LogP contribution in [0.25, 0.3) is 6.08 Å². The van der Waals surface area contributed by atoms with Crippen LogP contribution in [0.1, 0.15) is 42.7 Å². The van der Waals surface area contributed by atoms with Gasteiger partial charge in [-0.15, -0.1) is 0 Å². The van der Waals surface area contributed by atoms with Crippen molar-refractivity contribution in [2.24, 2.45) is 22.4 Å². The van der Waals surface area contributed by atoms with Crippen molar-refractivity contribution in [3.63, 3.8) is 0 Å². The number of likely N-dealkylation sites (tertiary alicyclic amines) is 1. The minimum absolute atomic E-state index is 0.103. The Bertz CT molecular complexity index is 839. The first-order valence-electron chi connectivity index (χ1n) is 9.94. The van der Waals surface area contributed by atoms with E-state index in [0.717, 1.165) is 6.42 Å². The topological polar surface area (TPSA) is 127 Å². The minimum atomic E-state index is -0.255. The number of nitrogens with two attached hydrogens (primary N) is 2. The molecular formula is C20H28N6O3. The maximum atomic E-state index is 12.9. The van der Waals surface area contributed by atoms with Crippen molar-refractivity contribution in [1.29, 1.82) is 0 Å². The van der Waals surface area contributed by atoms with Crippen molar-refractivity contribution in [2.45, 2.75) is 26.7 Å². The molecule has 0 atom stereocenters. The molecule has 0 radical (unpaired) electrons. The molecule has 0 unspecified atom stereocenters. The highest BCUT2D eigenvalue weighted by molar-refractivity contribution is 6.05. The van der Waals surface area contributed by atoms with Crippen LogP contribution < -0.4 is 11.5 Å². The molecule has 2 aliphatic rings. The second-order valence-corrected chi connectivity index (χ2v) is 7.21. The van der Waals surface area contributed by atoms with Gasteiger partial charge in [-0.1, -0.05) is 6.92 Å². The number of carbonyl (C=O) groups excluding carboxylic acids is 2. The molecule has 1 saturated heterocycles. The van der Waals surface area contributed by atoms with E-state index in [0.29, 0.717) is 61.2 Å². The Morgan fingerprint density at radius 3 is 2.76 bits per heavy atom. The molecule has 29 heavy (non-hydrogen) atoms. The van der Waals surface area contributed by atoms with Crippen LogP contribution in [0.5, 0.6) is 0 Å². The number of carbonyl (C=O) groups is 2. The van der Waals surface area contributed by atoms with Gasteiger partial charge in [0.15, 0.2) is 0 Å². The molecule has 0 aliphatic carbocycles. The number of hydrogen-bond acceptors (Lipinski definition) is 7. The summed E-state index contributed by atoms with van der Waals surface area (Å²) in [6.07, 6.45) is 4.14.